The van der Waals surface area contributed by atoms with Crippen molar-refractivity contribution in [2.24, 2.45) is 9.98 Å². The molecule has 0 spiro atoms. The summed E-state index contributed by atoms with van der Waals surface area (Å²) in [5, 5.41) is 1.86. The Morgan fingerprint density at radius 3 is 1.46 bits per heavy atom. The molecule has 0 N–H and O–H groups in total. The third-order valence-corrected chi connectivity index (χ3v) is 4.74. The average molecular weight is 402 g/mol. The van der Waals surface area contributed by atoms with Crippen LogP contribution in [0.5, 0.6) is 0 Å². The predicted molar refractivity (Wildman–Crippen MR) is 112 cm³/mol. The molecule has 3 aromatic rings. The molecule has 1 atom stereocenters. The molecule has 3 rings (SSSR count). The molecule has 0 bridgehead atoms. The lowest BCUT2D eigenvalue weighted by atomic mass is 10.1. The number of hydrogen-bond acceptors (Lipinski definition) is 2. The number of rotatable bonds is 5. The lowest BCUT2D eigenvalue weighted by Crippen LogP contribution is -1.96. The van der Waals surface area contributed by atoms with Crippen LogP contribution in [0.2, 0.25) is 15.1 Å². The van der Waals surface area contributed by atoms with Gasteiger partial charge in [-0.25, -0.2) is 0 Å². The fraction of sp³-hybridized carbons (Fsp3) is 0.0476. The van der Waals surface area contributed by atoms with Gasteiger partial charge in [0.15, 0.2) is 6.17 Å². The van der Waals surface area contributed by atoms with Crippen LogP contribution in [0.3, 0.4) is 0 Å². The van der Waals surface area contributed by atoms with E-state index >= 15 is 0 Å². The molecule has 5 heteroatoms. The quantitative estimate of drug-likeness (QED) is 0.416. The first-order valence-electron chi connectivity index (χ1n) is 7.95. The first kappa shape index (κ1) is 18.7. The summed E-state index contributed by atoms with van der Waals surface area (Å²) in [7, 11) is 0. The zero-order valence-corrected chi connectivity index (χ0v) is 16.0. The molecule has 0 fully saturated rings. The highest BCUT2D eigenvalue weighted by molar-refractivity contribution is 6.33. The second kappa shape index (κ2) is 9.00. The van der Waals surface area contributed by atoms with Gasteiger partial charge in [0.25, 0.3) is 0 Å². The molecule has 0 aliphatic carbocycles. The maximum atomic E-state index is 6.35. The Labute approximate surface area is 167 Å². The Kier molecular flexibility index (Phi) is 6.45. The Balaban J connectivity index is 1.96. The van der Waals surface area contributed by atoms with E-state index in [1.165, 1.54) is 0 Å². The van der Waals surface area contributed by atoms with Crippen LogP contribution in [0.4, 0.5) is 0 Å². The molecule has 26 heavy (non-hydrogen) atoms. The summed E-state index contributed by atoms with van der Waals surface area (Å²) >= 11 is 18.8. The lowest BCUT2D eigenvalue weighted by Gasteiger charge is -2.10. The van der Waals surface area contributed by atoms with E-state index in [9.17, 15) is 0 Å². The van der Waals surface area contributed by atoms with Crippen LogP contribution in [-0.4, -0.2) is 12.4 Å². The maximum Gasteiger partial charge on any atom is 0.166 e. The van der Waals surface area contributed by atoms with Crippen molar-refractivity contribution in [2.75, 3.05) is 0 Å². The highest BCUT2D eigenvalue weighted by Crippen LogP contribution is 2.27. The van der Waals surface area contributed by atoms with E-state index in [-0.39, 0.29) is 0 Å². The van der Waals surface area contributed by atoms with Gasteiger partial charge < -0.3 is 0 Å². The topological polar surface area (TPSA) is 24.7 Å². The van der Waals surface area contributed by atoms with Gasteiger partial charge in [0.05, 0.1) is 0 Å². The van der Waals surface area contributed by atoms with E-state index in [0.29, 0.717) is 15.1 Å². The average Bonchev–Trinajstić information content (AvgIpc) is 2.65. The highest BCUT2D eigenvalue weighted by Gasteiger charge is 2.11. The fourth-order valence-electron chi connectivity index (χ4n) is 2.34. The van der Waals surface area contributed by atoms with Crippen molar-refractivity contribution in [3.8, 4) is 0 Å². The van der Waals surface area contributed by atoms with Crippen molar-refractivity contribution in [1.29, 1.82) is 0 Å². The van der Waals surface area contributed by atoms with Crippen LogP contribution in [0.25, 0.3) is 0 Å². The summed E-state index contributed by atoms with van der Waals surface area (Å²) in [5.41, 5.74) is 2.44. The minimum absolute atomic E-state index is 0.503. The monoisotopic (exact) mass is 400 g/mol. The molecule has 0 aliphatic rings. The Bertz CT molecular complexity index is 896. The molecule has 0 heterocycles. The largest absolute Gasteiger partial charge is 0.261 e. The molecule has 0 aromatic heterocycles. The fourth-order valence-corrected chi connectivity index (χ4v) is 2.95. The number of hydrogen-bond donors (Lipinski definition) is 0. The van der Waals surface area contributed by atoms with Crippen molar-refractivity contribution in [1.82, 2.24) is 0 Å². The third kappa shape index (κ3) is 4.73. The standard InChI is InChI=1S/C21H15Cl3N2/c22-18-10-4-1-7-15(18)13-25-21(17-9-3-6-12-20(17)24)26-14-16-8-2-5-11-19(16)23/h1-14,21H/b25-13-,26-14?. The molecule has 0 saturated carbocycles. The van der Waals surface area contributed by atoms with Crippen molar-refractivity contribution < 1.29 is 0 Å². The van der Waals surface area contributed by atoms with E-state index in [4.69, 9.17) is 34.8 Å². The number of benzene rings is 3. The van der Waals surface area contributed by atoms with Gasteiger partial charge in [0.1, 0.15) is 0 Å². The second-order valence-electron chi connectivity index (χ2n) is 5.49. The summed E-state index contributed by atoms with van der Waals surface area (Å²) < 4.78 is 0. The van der Waals surface area contributed by atoms with Gasteiger partial charge in [0, 0.05) is 44.2 Å². The molecule has 0 radical (unpaired) electrons. The van der Waals surface area contributed by atoms with Crippen LogP contribution in [0, 0.1) is 0 Å². The highest BCUT2D eigenvalue weighted by atomic mass is 35.5. The number of halogens is 3. The van der Waals surface area contributed by atoms with Crippen LogP contribution in [0.1, 0.15) is 22.9 Å². The molecule has 0 amide bonds. The van der Waals surface area contributed by atoms with E-state index in [0.717, 1.165) is 16.7 Å². The SMILES string of the molecule is Clc1ccccc1C=NC(/N=C\c1ccccc1Cl)c1ccccc1Cl. The summed E-state index contributed by atoms with van der Waals surface area (Å²) in [6.45, 7) is 0. The molecule has 130 valence electrons. The molecular formula is C21H15Cl3N2. The molecule has 1 unspecified atom stereocenters. The normalized spacial score (nSPS) is 12.7. The van der Waals surface area contributed by atoms with Crippen LogP contribution in [-0.2, 0) is 0 Å². The Hall–Kier alpha value is -2.13. The first-order valence-corrected chi connectivity index (χ1v) is 9.08. The van der Waals surface area contributed by atoms with Crippen molar-refractivity contribution in [3.63, 3.8) is 0 Å². The summed E-state index contributed by atoms with van der Waals surface area (Å²) in [4.78, 5) is 9.19. The Morgan fingerprint density at radius 1 is 0.577 bits per heavy atom. The van der Waals surface area contributed by atoms with Gasteiger partial charge in [-0.1, -0.05) is 89.4 Å². The number of aliphatic imine (C=N–C) groups is 2. The zero-order chi connectivity index (χ0) is 18.4. The van der Waals surface area contributed by atoms with Crippen LogP contribution < -0.4 is 0 Å². The van der Waals surface area contributed by atoms with E-state index < -0.39 is 6.17 Å². The van der Waals surface area contributed by atoms with E-state index in [2.05, 4.69) is 9.98 Å². The van der Waals surface area contributed by atoms with Gasteiger partial charge in [-0.2, -0.15) is 0 Å². The van der Waals surface area contributed by atoms with Crippen molar-refractivity contribution >= 4 is 47.2 Å². The second-order valence-corrected chi connectivity index (χ2v) is 6.72. The maximum absolute atomic E-state index is 6.35. The van der Waals surface area contributed by atoms with Crippen molar-refractivity contribution in [3.05, 3.63) is 105 Å². The minimum Gasteiger partial charge on any atom is -0.261 e. The van der Waals surface area contributed by atoms with Crippen LogP contribution >= 0.6 is 34.8 Å². The third-order valence-electron chi connectivity index (χ3n) is 3.70. The zero-order valence-electron chi connectivity index (χ0n) is 13.7. The number of nitrogens with zero attached hydrogens (tertiary/aromatic N) is 2. The van der Waals surface area contributed by atoms with Crippen molar-refractivity contribution in [2.45, 2.75) is 6.17 Å². The molecule has 3 aromatic carbocycles. The van der Waals surface area contributed by atoms with E-state index in [1.54, 1.807) is 12.4 Å². The smallest absolute Gasteiger partial charge is 0.166 e. The summed E-state index contributed by atoms with van der Waals surface area (Å²) in [6, 6.07) is 22.5. The van der Waals surface area contributed by atoms with Gasteiger partial charge in [0.2, 0.25) is 0 Å². The van der Waals surface area contributed by atoms with Gasteiger partial charge in [-0.3, -0.25) is 9.98 Å². The van der Waals surface area contributed by atoms with E-state index in [1.807, 2.05) is 72.8 Å². The van der Waals surface area contributed by atoms with Gasteiger partial charge >= 0.3 is 0 Å². The Morgan fingerprint density at radius 2 is 1.00 bits per heavy atom. The molecule has 2 nitrogen and oxygen atoms in total. The van der Waals surface area contributed by atoms with Crippen LogP contribution in [0.15, 0.2) is 82.8 Å². The lowest BCUT2D eigenvalue weighted by molar-refractivity contribution is 0.787. The molecular weight excluding hydrogens is 387 g/mol. The summed E-state index contributed by atoms with van der Waals surface area (Å²) in [6.07, 6.45) is 2.91. The van der Waals surface area contributed by atoms with Gasteiger partial charge in [-0.05, 0) is 18.2 Å². The summed E-state index contributed by atoms with van der Waals surface area (Å²) in [5.74, 6) is 0. The first-order chi connectivity index (χ1) is 12.6. The predicted octanol–water partition coefficient (Wildman–Crippen LogP) is 6.88. The molecule has 0 saturated heterocycles. The minimum atomic E-state index is -0.503. The van der Waals surface area contributed by atoms with Gasteiger partial charge in [-0.15, -0.1) is 0 Å². The molecule has 0 aliphatic heterocycles.